The Labute approximate surface area is 102 Å². The second-order valence-corrected chi connectivity index (χ2v) is 5.46. The molecule has 2 nitrogen and oxygen atoms in total. The zero-order valence-electron chi connectivity index (χ0n) is 9.96. The number of halogens is 1. The third-order valence-corrected chi connectivity index (χ3v) is 3.74. The van der Waals surface area contributed by atoms with E-state index in [9.17, 15) is 0 Å². The van der Waals surface area contributed by atoms with Crippen molar-refractivity contribution >= 4 is 17.3 Å². The van der Waals surface area contributed by atoms with E-state index in [0.29, 0.717) is 6.54 Å². The molecule has 1 saturated heterocycles. The summed E-state index contributed by atoms with van der Waals surface area (Å²) >= 11 is 6.32. The Kier molecular flexibility index (Phi) is 3.13. The normalized spacial score (nSPS) is 19.1. The Balaban J connectivity index is 2.34. The monoisotopic (exact) mass is 238 g/mol. The maximum atomic E-state index is 6.32. The van der Waals surface area contributed by atoms with Crippen LogP contribution in [-0.4, -0.2) is 12.1 Å². The first-order chi connectivity index (χ1) is 7.54. The highest BCUT2D eigenvalue weighted by Crippen LogP contribution is 2.37. The molecular weight excluding hydrogens is 220 g/mol. The first-order valence-electron chi connectivity index (χ1n) is 5.81. The van der Waals surface area contributed by atoms with Crippen LogP contribution >= 0.6 is 11.6 Å². The first-order valence-corrected chi connectivity index (χ1v) is 6.18. The number of hydrogen-bond acceptors (Lipinski definition) is 2. The molecule has 0 saturated carbocycles. The lowest BCUT2D eigenvalue weighted by atomic mass is 10.0. The van der Waals surface area contributed by atoms with Gasteiger partial charge in [-0.05, 0) is 44.4 Å². The van der Waals surface area contributed by atoms with Gasteiger partial charge in [0.1, 0.15) is 0 Å². The van der Waals surface area contributed by atoms with E-state index in [-0.39, 0.29) is 5.54 Å². The van der Waals surface area contributed by atoms with E-state index in [1.165, 1.54) is 12.8 Å². The average Bonchev–Trinajstić information content (AvgIpc) is 2.58. The van der Waals surface area contributed by atoms with Crippen molar-refractivity contribution in [3.8, 4) is 0 Å². The van der Waals surface area contributed by atoms with Crippen LogP contribution in [0.5, 0.6) is 0 Å². The molecule has 0 bridgehead atoms. The fourth-order valence-electron chi connectivity index (χ4n) is 2.45. The van der Waals surface area contributed by atoms with Crippen LogP contribution in [0.25, 0.3) is 0 Å². The zero-order chi connectivity index (χ0) is 11.8. The Hall–Kier alpha value is -0.730. The van der Waals surface area contributed by atoms with E-state index in [2.05, 4.69) is 30.9 Å². The van der Waals surface area contributed by atoms with Crippen molar-refractivity contribution in [1.29, 1.82) is 0 Å². The predicted octanol–water partition coefficient (Wildman–Crippen LogP) is 3.18. The van der Waals surface area contributed by atoms with Gasteiger partial charge in [0.05, 0.1) is 10.7 Å². The number of benzene rings is 1. The summed E-state index contributed by atoms with van der Waals surface area (Å²) in [6.45, 7) is 6.18. The SMILES string of the molecule is CC1(C)CCCN1c1ccc(CN)cc1Cl. The van der Waals surface area contributed by atoms with Crippen LogP contribution in [0.1, 0.15) is 32.3 Å². The van der Waals surface area contributed by atoms with Crippen LogP contribution in [0, 0.1) is 0 Å². The minimum absolute atomic E-state index is 0.216. The molecule has 0 atom stereocenters. The molecule has 16 heavy (non-hydrogen) atoms. The number of anilines is 1. The molecule has 1 aromatic rings. The van der Waals surface area contributed by atoms with Crippen LogP contribution in [0.2, 0.25) is 5.02 Å². The number of nitrogens with two attached hydrogens (primary N) is 1. The number of rotatable bonds is 2. The van der Waals surface area contributed by atoms with E-state index in [4.69, 9.17) is 17.3 Å². The van der Waals surface area contributed by atoms with Crippen molar-refractivity contribution < 1.29 is 0 Å². The molecule has 88 valence electrons. The average molecular weight is 239 g/mol. The summed E-state index contributed by atoms with van der Waals surface area (Å²) in [5.41, 5.74) is 8.05. The lowest BCUT2D eigenvalue weighted by Gasteiger charge is -2.34. The van der Waals surface area contributed by atoms with Gasteiger partial charge in [0.15, 0.2) is 0 Å². The largest absolute Gasteiger partial charge is 0.365 e. The van der Waals surface area contributed by atoms with Crippen LogP contribution in [0.4, 0.5) is 5.69 Å². The molecule has 1 heterocycles. The maximum absolute atomic E-state index is 6.32. The van der Waals surface area contributed by atoms with Crippen molar-refractivity contribution in [3.05, 3.63) is 28.8 Å². The van der Waals surface area contributed by atoms with Crippen molar-refractivity contribution in [1.82, 2.24) is 0 Å². The van der Waals surface area contributed by atoms with E-state index in [0.717, 1.165) is 22.8 Å². The molecule has 0 unspecified atom stereocenters. The molecule has 1 fully saturated rings. The summed E-state index contributed by atoms with van der Waals surface area (Å²) in [5.74, 6) is 0. The van der Waals surface area contributed by atoms with E-state index in [1.807, 2.05) is 6.07 Å². The lowest BCUT2D eigenvalue weighted by molar-refractivity contribution is 0.518. The van der Waals surface area contributed by atoms with E-state index in [1.54, 1.807) is 0 Å². The van der Waals surface area contributed by atoms with Gasteiger partial charge >= 0.3 is 0 Å². The second kappa shape index (κ2) is 4.27. The smallest absolute Gasteiger partial charge is 0.0642 e. The van der Waals surface area contributed by atoms with Crippen LogP contribution in [0.15, 0.2) is 18.2 Å². The van der Waals surface area contributed by atoms with Crippen LogP contribution in [0.3, 0.4) is 0 Å². The van der Waals surface area contributed by atoms with Gasteiger partial charge in [-0.2, -0.15) is 0 Å². The zero-order valence-corrected chi connectivity index (χ0v) is 10.7. The Bertz CT molecular complexity index is 388. The molecule has 0 aromatic heterocycles. The van der Waals surface area contributed by atoms with Gasteiger partial charge < -0.3 is 10.6 Å². The van der Waals surface area contributed by atoms with E-state index >= 15 is 0 Å². The molecule has 0 spiro atoms. The fraction of sp³-hybridized carbons (Fsp3) is 0.538. The molecule has 0 amide bonds. The summed E-state index contributed by atoms with van der Waals surface area (Å²) in [4.78, 5) is 2.40. The molecule has 2 rings (SSSR count). The number of hydrogen-bond donors (Lipinski definition) is 1. The minimum atomic E-state index is 0.216. The van der Waals surface area contributed by atoms with Gasteiger partial charge in [-0.15, -0.1) is 0 Å². The maximum Gasteiger partial charge on any atom is 0.0642 e. The van der Waals surface area contributed by atoms with Crippen molar-refractivity contribution in [3.63, 3.8) is 0 Å². The second-order valence-electron chi connectivity index (χ2n) is 5.06. The third kappa shape index (κ3) is 2.04. The predicted molar refractivity (Wildman–Crippen MR) is 70.0 cm³/mol. The molecule has 2 N–H and O–H groups in total. The summed E-state index contributed by atoms with van der Waals surface area (Å²) in [6.07, 6.45) is 2.46. The lowest BCUT2D eigenvalue weighted by Crippen LogP contribution is -2.38. The number of nitrogens with zero attached hydrogens (tertiary/aromatic N) is 1. The van der Waals surface area contributed by atoms with Crippen molar-refractivity contribution in [2.45, 2.75) is 38.8 Å². The topological polar surface area (TPSA) is 29.3 Å². The van der Waals surface area contributed by atoms with Gasteiger partial charge in [-0.25, -0.2) is 0 Å². The molecule has 1 aliphatic heterocycles. The van der Waals surface area contributed by atoms with Gasteiger partial charge in [-0.1, -0.05) is 17.7 Å². The summed E-state index contributed by atoms with van der Waals surface area (Å²) in [6, 6.07) is 6.14. The van der Waals surface area contributed by atoms with Crippen LogP contribution < -0.4 is 10.6 Å². The molecule has 1 aliphatic rings. The van der Waals surface area contributed by atoms with Gasteiger partial charge in [-0.3, -0.25) is 0 Å². The van der Waals surface area contributed by atoms with Gasteiger partial charge in [0.25, 0.3) is 0 Å². The molecule has 0 aliphatic carbocycles. The summed E-state index contributed by atoms with van der Waals surface area (Å²) in [5, 5.41) is 0.818. The van der Waals surface area contributed by atoms with Crippen molar-refractivity contribution in [2.75, 3.05) is 11.4 Å². The minimum Gasteiger partial charge on any atom is -0.365 e. The highest BCUT2D eigenvalue weighted by atomic mass is 35.5. The highest BCUT2D eigenvalue weighted by Gasteiger charge is 2.32. The fourth-order valence-corrected chi connectivity index (χ4v) is 2.76. The Morgan fingerprint density at radius 2 is 2.19 bits per heavy atom. The highest BCUT2D eigenvalue weighted by molar-refractivity contribution is 6.33. The van der Waals surface area contributed by atoms with E-state index < -0.39 is 0 Å². The quantitative estimate of drug-likeness (QED) is 0.858. The first kappa shape index (κ1) is 11.7. The summed E-state index contributed by atoms with van der Waals surface area (Å²) in [7, 11) is 0. The summed E-state index contributed by atoms with van der Waals surface area (Å²) < 4.78 is 0. The molecule has 3 heteroatoms. The van der Waals surface area contributed by atoms with Gasteiger partial charge in [0.2, 0.25) is 0 Å². The standard InChI is InChI=1S/C13H19ClN2/c1-13(2)6-3-7-16(13)12-5-4-10(9-15)8-11(12)14/h4-5,8H,3,6-7,9,15H2,1-2H3. The molecule has 0 radical (unpaired) electrons. The van der Waals surface area contributed by atoms with Gasteiger partial charge in [0, 0.05) is 18.6 Å². The van der Waals surface area contributed by atoms with Crippen LogP contribution in [-0.2, 0) is 6.54 Å². The Morgan fingerprint density at radius 1 is 1.44 bits per heavy atom. The van der Waals surface area contributed by atoms with Crippen molar-refractivity contribution in [2.24, 2.45) is 5.73 Å². The molecule has 1 aromatic carbocycles. The molecular formula is C13H19ClN2. The Morgan fingerprint density at radius 3 is 2.69 bits per heavy atom. The third-order valence-electron chi connectivity index (χ3n) is 3.44.